The van der Waals surface area contributed by atoms with Gasteiger partial charge >= 0.3 is 0 Å². The van der Waals surface area contributed by atoms with Gasteiger partial charge in [0.2, 0.25) is 0 Å². The summed E-state index contributed by atoms with van der Waals surface area (Å²) < 4.78 is 12.8. The van der Waals surface area contributed by atoms with Crippen molar-refractivity contribution in [3.63, 3.8) is 0 Å². The lowest BCUT2D eigenvalue weighted by atomic mass is 10.1. The van der Waals surface area contributed by atoms with E-state index < -0.39 is 23.9 Å². The van der Waals surface area contributed by atoms with Gasteiger partial charge in [0.15, 0.2) is 23.1 Å². The first-order valence-corrected chi connectivity index (χ1v) is 12.3. The number of aromatic nitrogens is 1. The zero-order valence-corrected chi connectivity index (χ0v) is 20.1. The molecular formula is C25H28N4O4S. The third-order valence-corrected chi connectivity index (χ3v) is 7.01. The van der Waals surface area contributed by atoms with Gasteiger partial charge in [-0.3, -0.25) is 19.8 Å². The number of rotatable bonds is 5. The lowest BCUT2D eigenvalue weighted by Gasteiger charge is -2.36. The van der Waals surface area contributed by atoms with Gasteiger partial charge in [-0.05, 0) is 31.5 Å². The highest BCUT2D eigenvalue weighted by Gasteiger charge is 2.50. The maximum absolute atomic E-state index is 13.4. The fraction of sp³-hybridized carbons (Fsp3) is 0.400. The first-order valence-electron chi connectivity index (χ1n) is 11.5. The summed E-state index contributed by atoms with van der Waals surface area (Å²) in [5.74, 6) is -1.68. The van der Waals surface area contributed by atoms with Crippen molar-refractivity contribution in [3.8, 4) is 0 Å². The molecule has 2 atom stereocenters. The Hall–Kier alpha value is -2.85. The van der Waals surface area contributed by atoms with Crippen LogP contribution in [-0.4, -0.2) is 70.8 Å². The normalized spacial score (nSPS) is 22.7. The maximum Gasteiger partial charge on any atom is 0.258 e. The highest BCUT2D eigenvalue weighted by molar-refractivity contribution is 7.22. The molecule has 3 heterocycles. The molecule has 178 valence electrons. The van der Waals surface area contributed by atoms with E-state index in [0.29, 0.717) is 18.2 Å². The molecule has 0 saturated carbocycles. The highest BCUT2D eigenvalue weighted by atomic mass is 32.1. The second-order valence-corrected chi connectivity index (χ2v) is 10.1. The summed E-state index contributed by atoms with van der Waals surface area (Å²) in [6.45, 7) is 6.98. The van der Waals surface area contributed by atoms with Crippen LogP contribution in [0, 0.1) is 0 Å². The number of amides is 2. The quantitative estimate of drug-likeness (QED) is 0.604. The number of hydrogen-bond acceptors (Lipinski definition) is 7. The molecule has 2 aliphatic rings. The van der Waals surface area contributed by atoms with Crippen molar-refractivity contribution in [1.82, 2.24) is 14.8 Å². The number of piperazine rings is 1. The number of nitrogens with zero attached hydrogens (tertiary/aromatic N) is 3. The lowest BCUT2D eigenvalue weighted by molar-refractivity contribution is -0.163. The molecule has 0 radical (unpaired) electrons. The van der Waals surface area contributed by atoms with Gasteiger partial charge in [0.1, 0.15) is 0 Å². The summed E-state index contributed by atoms with van der Waals surface area (Å²) in [6, 6.07) is 18.0. The molecule has 5 rings (SSSR count). The van der Waals surface area contributed by atoms with Crippen LogP contribution in [0.2, 0.25) is 0 Å². The van der Waals surface area contributed by atoms with Gasteiger partial charge in [0, 0.05) is 32.7 Å². The predicted octanol–water partition coefficient (Wildman–Crippen LogP) is 3.10. The first-order chi connectivity index (χ1) is 16.4. The first kappa shape index (κ1) is 22.9. The smallest absolute Gasteiger partial charge is 0.258 e. The highest BCUT2D eigenvalue weighted by Crippen LogP contribution is 2.32. The second-order valence-electron chi connectivity index (χ2n) is 9.04. The number of carbonyl (C=O) groups excluding carboxylic acids is 2. The van der Waals surface area contributed by atoms with Crippen LogP contribution in [0.1, 0.15) is 19.4 Å². The predicted molar refractivity (Wildman–Crippen MR) is 130 cm³/mol. The van der Waals surface area contributed by atoms with Crippen LogP contribution < -0.4 is 5.32 Å². The zero-order chi connectivity index (χ0) is 23.7. The van der Waals surface area contributed by atoms with Gasteiger partial charge in [-0.1, -0.05) is 53.8 Å². The number of benzene rings is 2. The summed E-state index contributed by atoms with van der Waals surface area (Å²) in [5.41, 5.74) is 2.07. The number of hydrogen-bond donors (Lipinski definition) is 1. The number of ether oxygens (including phenoxy) is 2. The van der Waals surface area contributed by atoms with Crippen LogP contribution in [0.3, 0.4) is 0 Å². The average Bonchev–Trinajstić information content (AvgIpc) is 3.39. The van der Waals surface area contributed by atoms with Gasteiger partial charge in [0.05, 0.1) is 10.2 Å². The molecule has 2 aromatic carbocycles. The Kier molecular flexibility index (Phi) is 6.35. The molecule has 0 bridgehead atoms. The van der Waals surface area contributed by atoms with Crippen LogP contribution >= 0.6 is 11.3 Å². The van der Waals surface area contributed by atoms with Gasteiger partial charge in [-0.2, -0.15) is 0 Å². The van der Waals surface area contributed by atoms with Gasteiger partial charge < -0.3 is 14.4 Å². The van der Waals surface area contributed by atoms with Gasteiger partial charge in [0.25, 0.3) is 11.8 Å². The van der Waals surface area contributed by atoms with E-state index in [1.54, 1.807) is 18.7 Å². The minimum absolute atomic E-state index is 0.214. The fourth-order valence-electron chi connectivity index (χ4n) is 4.38. The van der Waals surface area contributed by atoms with Crippen LogP contribution in [0.25, 0.3) is 10.2 Å². The summed E-state index contributed by atoms with van der Waals surface area (Å²) >= 11 is 1.38. The van der Waals surface area contributed by atoms with E-state index in [-0.39, 0.29) is 5.91 Å². The Morgan fingerprint density at radius 3 is 2.41 bits per heavy atom. The Morgan fingerprint density at radius 2 is 1.68 bits per heavy atom. The summed E-state index contributed by atoms with van der Waals surface area (Å²) in [5, 5.41) is 3.29. The van der Waals surface area contributed by atoms with Gasteiger partial charge in [-0.15, -0.1) is 0 Å². The minimum Gasteiger partial charge on any atom is -0.338 e. The Labute approximate surface area is 202 Å². The standard InChI is InChI=1S/C25H28N4O4S/c1-25(2)32-20(22(30)27-24-26-18-10-6-7-11-19(18)34-24)21(33-25)23(31)29-14-12-28(13-15-29)16-17-8-4-3-5-9-17/h3-11,20-21H,12-16H2,1-2H3,(H,26,27,30)/t20-,21-/m0/s1. The molecule has 0 spiro atoms. The molecule has 34 heavy (non-hydrogen) atoms. The number of anilines is 1. The third-order valence-electron chi connectivity index (χ3n) is 6.06. The Bertz CT molecular complexity index is 1140. The molecule has 9 heteroatoms. The lowest BCUT2D eigenvalue weighted by Crippen LogP contribution is -2.54. The molecule has 0 aliphatic carbocycles. The maximum atomic E-state index is 13.4. The minimum atomic E-state index is -1.04. The molecular weight excluding hydrogens is 452 g/mol. The van der Waals surface area contributed by atoms with Gasteiger partial charge in [-0.25, -0.2) is 4.98 Å². The van der Waals surface area contributed by atoms with Crippen LogP contribution in [0.5, 0.6) is 0 Å². The van der Waals surface area contributed by atoms with E-state index >= 15 is 0 Å². The van der Waals surface area contributed by atoms with Crippen molar-refractivity contribution in [2.45, 2.75) is 38.4 Å². The number of nitrogens with one attached hydrogen (secondary N) is 1. The fourth-order valence-corrected chi connectivity index (χ4v) is 5.25. The van der Waals surface area contributed by atoms with E-state index in [9.17, 15) is 9.59 Å². The molecule has 2 saturated heterocycles. The summed E-state index contributed by atoms with van der Waals surface area (Å²) in [7, 11) is 0. The van der Waals surface area contributed by atoms with Crippen molar-refractivity contribution in [2.75, 3.05) is 31.5 Å². The van der Waals surface area contributed by atoms with Crippen molar-refractivity contribution in [2.24, 2.45) is 0 Å². The van der Waals surface area contributed by atoms with E-state index in [1.807, 2.05) is 42.5 Å². The summed E-state index contributed by atoms with van der Waals surface area (Å²) in [4.78, 5) is 35.0. The van der Waals surface area contributed by atoms with Crippen LogP contribution in [0.15, 0.2) is 54.6 Å². The molecule has 1 aromatic heterocycles. The topological polar surface area (TPSA) is 84.0 Å². The molecule has 2 fully saturated rings. The largest absolute Gasteiger partial charge is 0.338 e. The van der Waals surface area contributed by atoms with E-state index in [4.69, 9.17) is 9.47 Å². The van der Waals surface area contributed by atoms with Crippen molar-refractivity contribution >= 4 is 38.5 Å². The Balaban J connectivity index is 1.23. The second kappa shape index (κ2) is 9.42. The summed E-state index contributed by atoms with van der Waals surface area (Å²) in [6.07, 6.45) is -2.04. The van der Waals surface area contributed by atoms with E-state index in [1.165, 1.54) is 16.9 Å². The van der Waals surface area contributed by atoms with E-state index in [2.05, 4.69) is 27.3 Å². The molecule has 1 N–H and O–H groups in total. The molecule has 2 aliphatic heterocycles. The van der Waals surface area contributed by atoms with Crippen molar-refractivity contribution in [1.29, 1.82) is 0 Å². The number of fused-ring (bicyclic) bond motifs is 1. The van der Waals surface area contributed by atoms with Crippen LogP contribution in [0.4, 0.5) is 5.13 Å². The monoisotopic (exact) mass is 480 g/mol. The molecule has 3 aromatic rings. The molecule has 8 nitrogen and oxygen atoms in total. The number of para-hydroxylation sites is 1. The zero-order valence-electron chi connectivity index (χ0n) is 19.3. The van der Waals surface area contributed by atoms with E-state index in [0.717, 1.165) is 29.9 Å². The molecule has 0 unspecified atom stereocenters. The van der Waals surface area contributed by atoms with Crippen molar-refractivity contribution < 1.29 is 19.1 Å². The SMILES string of the molecule is CC1(C)O[C@H](C(=O)Nc2nc3ccccc3s2)[C@@H](C(=O)N2CCN(Cc3ccccc3)CC2)O1. The molecule has 2 amide bonds. The average molecular weight is 481 g/mol. The number of thiazole rings is 1. The van der Waals surface area contributed by atoms with Crippen molar-refractivity contribution in [3.05, 3.63) is 60.2 Å². The third kappa shape index (κ3) is 4.97. The number of carbonyl (C=O) groups is 2. The Morgan fingerprint density at radius 1 is 1.00 bits per heavy atom. The van der Waals surface area contributed by atoms with Crippen LogP contribution in [-0.2, 0) is 25.6 Å².